The van der Waals surface area contributed by atoms with Gasteiger partial charge < -0.3 is 10.4 Å². The van der Waals surface area contributed by atoms with Crippen LogP contribution in [0.4, 0.5) is 11.4 Å². The predicted molar refractivity (Wildman–Crippen MR) is 108 cm³/mol. The Kier molecular flexibility index (Phi) is 4.60. The topological polar surface area (TPSA) is 88.3 Å². The summed E-state index contributed by atoms with van der Waals surface area (Å²) < 4.78 is 0. The van der Waals surface area contributed by atoms with Gasteiger partial charge >= 0.3 is 0 Å². The van der Waals surface area contributed by atoms with Crippen LogP contribution in [0.5, 0.6) is 5.75 Å². The standard InChI is InChI=1S/C22H17N3O3/c26-20-10-7-15-3-1-2-4-19(15)21(20)22(24-17-11-13-23-14-12-17)16-5-8-18(9-6-16)25(27)28/h1-14,22,26H,(H,23,24). The van der Waals surface area contributed by atoms with Gasteiger partial charge in [-0.2, -0.15) is 0 Å². The van der Waals surface area contributed by atoms with E-state index in [0.717, 1.165) is 22.0 Å². The molecule has 0 fully saturated rings. The zero-order chi connectivity index (χ0) is 19.5. The first-order valence-corrected chi connectivity index (χ1v) is 8.75. The molecule has 0 aliphatic rings. The number of hydrogen-bond acceptors (Lipinski definition) is 5. The van der Waals surface area contributed by atoms with Crippen molar-refractivity contribution >= 4 is 22.1 Å². The SMILES string of the molecule is O=[N+]([O-])c1ccc(C(Nc2ccncc2)c2c(O)ccc3ccccc23)cc1. The fraction of sp³-hybridized carbons (Fsp3) is 0.0455. The summed E-state index contributed by atoms with van der Waals surface area (Å²) >= 11 is 0. The van der Waals surface area contributed by atoms with Gasteiger partial charge in [-0.3, -0.25) is 15.1 Å². The fourth-order valence-electron chi connectivity index (χ4n) is 3.31. The molecule has 0 saturated carbocycles. The number of anilines is 1. The third-order valence-corrected chi connectivity index (χ3v) is 4.66. The summed E-state index contributed by atoms with van der Waals surface area (Å²) in [6.45, 7) is 0. The van der Waals surface area contributed by atoms with Crippen molar-refractivity contribution in [2.45, 2.75) is 6.04 Å². The summed E-state index contributed by atoms with van der Waals surface area (Å²) in [7, 11) is 0. The van der Waals surface area contributed by atoms with E-state index < -0.39 is 11.0 Å². The molecule has 28 heavy (non-hydrogen) atoms. The van der Waals surface area contributed by atoms with Gasteiger partial charge in [-0.15, -0.1) is 0 Å². The lowest BCUT2D eigenvalue weighted by atomic mass is 9.92. The molecule has 0 bridgehead atoms. The van der Waals surface area contributed by atoms with Crippen LogP contribution in [0, 0.1) is 10.1 Å². The molecule has 4 rings (SSSR count). The monoisotopic (exact) mass is 371 g/mol. The van der Waals surface area contributed by atoms with Crippen LogP contribution in [0.3, 0.4) is 0 Å². The first-order chi connectivity index (χ1) is 13.6. The number of nitro benzene ring substituents is 1. The molecular formula is C22H17N3O3. The Balaban J connectivity index is 1.88. The highest BCUT2D eigenvalue weighted by Gasteiger charge is 2.21. The molecule has 0 aliphatic heterocycles. The Hall–Kier alpha value is -3.93. The number of nitro groups is 1. The Morgan fingerprint density at radius 1 is 0.929 bits per heavy atom. The van der Waals surface area contributed by atoms with Gasteiger partial charge in [-0.25, -0.2) is 0 Å². The number of aromatic hydroxyl groups is 1. The minimum absolute atomic E-state index is 0.0218. The average molecular weight is 371 g/mol. The number of hydrogen-bond donors (Lipinski definition) is 2. The van der Waals surface area contributed by atoms with Crippen molar-refractivity contribution in [2.75, 3.05) is 5.32 Å². The van der Waals surface area contributed by atoms with E-state index in [1.807, 2.05) is 42.5 Å². The normalized spacial score (nSPS) is 11.9. The van der Waals surface area contributed by atoms with Crippen LogP contribution in [-0.4, -0.2) is 15.0 Å². The van der Waals surface area contributed by atoms with Crippen LogP contribution in [0.15, 0.2) is 85.2 Å². The zero-order valence-electron chi connectivity index (χ0n) is 14.8. The zero-order valence-corrected chi connectivity index (χ0v) is 14.8. The summed E-state index contributed by atoms with van der Waals surface area (Å²) in [6, 6.07) is 21.0. The number of nitrogens with zero attached hydrogens (tertiary/aromatic N) is 2. The van der Waals surface area contributed by atoms with E-state index in [0.29, 0.717) is 5.56 Å². The van der Waals surface area contributed by atoms with E-state index in [1.54, 1.807) is 30.6 Å². The molecular weight excluding hydrogens is 354 g/mol. The number of phenolic OH excluding ortho intramolecular Hbond substituents is 1. The summed E-state index contributed by atoms with van der Waals surface area (Å²) in [5.41, 5.74) is 2.36. The van der Waals surface area contributed by atoms with Crippen molar-refractivity contribution in [1.82, 2.24) is 4.98 Å². The molecule has 3 aromatic carbocycles. The summed E-state index contributed by atoms with van der Waals surface area (Å²) in [5.74, 6) is 0.156. The first-order valence-electron chi connectivity index (χ1n) is 8.75. The summed E-state index contributed by atoms with van der Waals surface area (Å²) in [6.07, 6.45) is 3.36. The van der Waals surface area contributed by atoms with E-state index in [1.165, 1.54) is 12.1 Å². The van der Waals surface area contributed by atoms with Crippen LogP contribution in [0.25, 0.3) is 10.8 Å². The molecule has 1 unspecified atom stereocenters. The third-order valence-electron chi connectivity index (χ3n) is 4.66. The lowest BCUT2D eigenvalue weighted by molar-refractivity contribution is -0.384. The molecule has 1 heterocycles. The van der Waals surface area contributed by atoms with Crippen molar-refractivity contribution in [3.05, 3.63) is 106 Å². The van der Waals surface area contributed by atoms with Crippen molar-refractivity contribution in [2.24, 2.45) is 0 Å². The van der Waals surface area contributed by atoms with Crippen LogP contribution in [0.1, 0.15) is 17.2 Å². The van der Waals surface area contributed by atoms with Crippen molar-refractivity contribution in [3.8, 4) is 5.75 Å². The van der Waals surface area contributed by atoms with Gasteiger partial charge in [0, 0.05) is 35.8 Å². The Morgan fingerprint density at radius 3 is 2.36 bits per heavy atom. The van der Waals surface area contributed by atoms with Gasteiger partial charge in [0.15, 0.2) is 0 Å². The lowest BCUT2D eigenvalue weighted by Gasteiger charge is -2.23. The Morgan fingerprint density at radius 2 is 1.64 bits per heavy atom. The number of fused-ring (bicyclic) bond motifs is 1. The first kappa shape index (κ1) is 17.5. The number of rotatable bonds is 5. The van der Waals surface area contributed by atoms with Gasteiger partial charge in [0.25, 0.3) is 5.69 Å². The maximum absolute atomic E-state index is 11.0. The second-order valence-electron chi connectivity index (χ2n) is 6.38. The number of phenols is 1. The van der Waals surface area contributed by atoms with Gasteiger partial charge in [-0.1, -0.05) is 30.3 Å². The van der Waals surface area contributed by atoms with Crippen LogP contribution < -0.4 is 5.32 Å². The molecule has 4 aromatic rings. The molecule has 1 aromatic heterocycles. The maximum atomic E-state index is 11.0. The minimum Gasteiger partial charge on any atom is -0.508 e. The molecule has 0 spiro atoms. The second-order valence-corrected chi connectivity index (χ2v) is 6.38. The van der Waals surface area contributed by atoms with Crippen molar-refractivity contribution in [1.29, 1.82) is 0 Å². The van der Waals surface area contributed by atoms with E-state index in [9.17, 15) is 15.2 Å². The van der Waals surface area contributed by atoms with E-state index in [-0.39, 0.29) is 11.4 Å². The number of nitrogens with one attached hydrogen (secondary N) is 1. The van der Waals surface area contributed by atoms with Crippen LogP contribution >= 0.6 is 0 Å². The highest BCUT2D eigenvalue weighted by molar-refractivity contribution is 5.89. The molecule has 138 valence electrons. The predicted octanol–water partition coefficient (Wildman–Crippen LogP) is 5.05. The van der Waals surface area contributed by atoms with Gasteiger partial charge in [0.1, 0.15) is 5.75 Å². The highest BCUT2D eigenvalue weighted by Crippen LogP contribution is 2.38. The largest absolute Gasteiger partial charge is 0.508 e. The smallest absolute Gasteiger partial charge is 0.269 e. The van der Waals surface area contributed by atoms with Crippen molar-refractivity contribution < 1.29 is 10.0 Å². The van der Waals surface area contributed by atoms with E-state index in [4.69, 9.17) is 0 Å². The van der Waals surface area contributed by atoms with Gasteiger partial charge in [-0.05, 0) is 46.7 Å². The molecule has 1 atom stereocenters. The fourth-order valence-corrected chi connectivity index (χ4v) is 3.31. The quantitative estimate of drug-likeness (QED) is 0.378. The van der Waals surface area contributed by atoms with E-state index in [2.05, 4.69) is 10.3 Å². The van der Waals surface area contributed by atoms with E-state index >= 15 is 0 Å². The number of benzene rings is 3. The molecule has 0 aliphatic carbocycles. The highest BCUT2D eigenvalue weighted by atomic mass is 16.6. The summed E-state index contributed by atoms with van der Waals surface area (Å²) in [4.78, 5) is 14.6. The third kappa shape index (κ3) is 3.35. The molecule has 0 radical (unpaired) electrons. The average Bonchev–Trinajstić information content (AvgIpc) is 2.73. The van der Waals surface area contributed by atoms with Crippen LogP contribution in [-0.2, 0) is 0 Å². The minimum atomic E-state index is -0.426. The second kappa shape index (κ2) is 7.36. The lowest BCUT2D eigenvalue weighted by Crippen LogP contribution is -2.13. The molecule has 2 N–H and O–H groups in total. The Labute approximate surface area is 161 Å². The molecule has 6 nitrogen and oxygen atoms in total. The maximum Gasteiger partial charge on any atom is 0.269 e. The summed E-state index contributed by atoms with van der Waals surface area (Å²) in [5, 5.41) is 27.0. The number of non-ortho nitro benzene ring substituents is 1. The van der Waals surface area contributed by atoms with Gasteiger partial charge in [0.2, 0.25) is 0 Å². The number of aromatic nitrogens is 1. The molecule has 6 heteroatoms. The van der Waals surface area contributed by atoms with Crippen molar-refractivity contribution in [3.63, 3.8) is 0 Å². The molecule has 0 amide bonds. The number of pyridine rings is 1. The van der Waals surface area contributed by atoms with Gasteiger partial charge in [0.05, 0.1) is 11.0 Å². The van der Waals surface area contributed by atoms with Crippen LogP contribution in [0.2, 0.25) is 0 Å². The Bertz CT molecular complexity index is 1130. The molecule has 0 saturated heterocycles.